The van der Waals surface area contributed by atoms with Crippen LogP contribution >= 0.6 is 11.8 Å². The first-order chi connectivity index (χ1) is 8.72. The van der Waals surface area contributed by atoms with Gasteiger partial charge in [-0.15, -0.1) is 5.10 Å². The second-order valence-electron chi connectivity index (χ2n) is 3.75. The van der Waals surface area contributed by atoms with Crippen LogP contribution < -0.4 is 5.73 Å². The maximum Gasteiger partial charge on any atom is 0.214 e. The molecule has 1 heterocycles. The Kier molecular flexibility index (Phi) is 4.11. The molecular weight excluding hydrogens is 246 g/mol. The van der Waals surface area contributed by atoms with E-state index in [1.807, 2.05) is 31.2 Å². The Balaban J connectivity index is 2.06. The molecule has 0 fully saturated rings. The van der Waals surface area contributed by atoms with Gasteiger partial charge in [0, 0.05) is 18.5 Å². The molecule has 18 heavy (non-hydrogen) atoms. The molecule has 0 bridgehead atoms. The van der Waals surface area contributed by atoms with E-state index in [9.17, 15) is 0 Å². The van der Waals surface area contributed by atoms with Crippen LogP contribution in [0.5, 0.6) is 0 Å². The summed E-state index contributed by atoms with van der Waals surface area (Å²) in [7, 11) is 0. The molecule has 0 aliphatic rings. The predicted molar refractivity (Wildman–Crippen MR) is 72.8 cm³/mol. The number of thioether (sulfide) groups is 1. The Morgan fingerprint density at radius 2 is 2.11 bits per heavy atom. The summed E-state index contributed by atoms with van der Waals surface area (Å²) in [6, 6.07) is 7.65. The molecule has 0 unspecified atom stereocenters. The van der Waals surface area contributed by atoms with Crippen molar-refractivity contribution in [3.05, 3.63) is 41.2 Å². The first kappa shape index (κ1) is 12.8. The number of aryl methyl sites for hydroxylation is 1. The second-order valence-corrected chi connectivity index (χ2v) is 4.73. The molecule has 94 valence electrons. The van der Waals surface area contributed by atoms with Gasteiger partial charge in [0.15, 0.2) is 0 Å². The van der Waals surface area contributed by atoms with Crippen LogP contribution in [0.1, 0.15) is 23.9 Å². The largest absolute Gasteiger partial charge is 0.326 e. The zero-order chi connectivity index (χ0) is 13.0. The molecule has 2 rings (SSSR count). The van der Waals surface area contributed by atoms with Gasteiger partial charge < -0.3 is 5.73 Å². The van der Waals surface area contributed by atoms with Gasteiger partial charge >= 0.3 is 0 Å². The van der Waals surface area contributed by atoms with Crippen molar-refractivity contribution >= 4 is 16.8 Å². The van der Waals surface area contributed by atoms with Crippen molar-refractivity contribution in [1.82, 2.24) is 15.2 Å². The second kappa shape index (κ2) is 5.79. The van der Waals surface area contributed by atoms with Gasteiger partial charge in [-0.3, -0.25) is 10.5 Å². The number of aromatic amines is 1. The molecule has 0 aliphatic carbocycles. The van der Waals surface area contributed by atoms with Gasteiger partial charge in [0.2, 0.25) is 5.16 Å². The maximum atomic E-state index is 8.00. The van der Waals surface area contributed by atoms with Gasteiger partial charge in [0.1, 0.15) is 10.9 Å². The van der Waals surface area contributed by atoms with Crippen LogP contribution in [0.25, 0.3) is 0 Å². The van der Waals surface area contributed by atoms with E-state index in [1.165, 1.54) is 11.8 Å². The molecule has 0 spiro atoms. The summed E-state index contributed by atoms with van der Waals surface area (Å²) in [4.78, 5) is 4.26. The third-order valence-electron chi connectivity index (χ3n) is 2.49. The molecule has 6 heteroatoms. The fourth-order valence-electron chi connectivity index (χ4n) is 1.42. The van der Waals surface area contributed by atoms with E-state index in [0.717, 1.165) is 23.4 Å². The third kappa shape index (κ3) is 2.96. The SMILES string of the molecule is CCc1nc(SC(=N)c2ccc(CN)cc2)n[nH]1. The van der Waals surface area contributed by atoms with Crippen LogP contribution in [-0.4, -0.2) is 20.2 Å². The van der Waals surface area contributed by atoms with Crippen molar-refractivity contribution in [2.45, 2.75) is 25.0 Å². The van der Waals surface area contributed by atoms with Crippen molar-refractivity contribution in [3.63, 3.8) is 0 Å². The molecule has 0 radical (unpaired) electrons. The number of hydrogen-bond donors (Lipinski definition) is 3. The van der Waals surface area contributed by atoms with Crippen molar-refractivity contribution in [2.75, 3.05) is 0 Å². The predicted octanol–water partition coefficient (Wildman–Crippen LogP) is 1.94. The van der Waals surface area contributed by atoms with Crippen LogP contribution in [0.2, 0.25) is 0 Å². The highest BCUT2D eigenvalue weighted by molar-refractivity contribution is 8.14. The molecule has 0 saturated carbocycles. The lowest BCUT2D eigenvalue weighted by molar-refractivity contribution is 0.942. The Morgan fingerprint density at radius 3 is 2.67 bits per heavy atom. The monoisotopic (exact) mass is 261 g/mol. The van der Waals surface area contributed by atoms with E-state index in [4.69, 9.17) is 11.1 Å². The highest BCUT2D eigenvalue weighted by Gasteiger charge is 2.08. The zero-order valence-corrected chi connectivity index (χ0v) is 10.9. The first-order valence-electron chi connectivity index (χ1n) is 5.70. The average Bonchev–Trinajstić information content (AvgIpc) is 2.86. The fraction of sp³-hybridized carbons (Fsp3) is 0.250. The number of nitrogens with zero attached hydrogens (tertiary/aromatic N) is 2. The van der Waals surface area contributed by atoms with E-state index in [0.29, 0.717) is 16.7 Å². The lowest BCUT2D eigenvalue weighted by Gasteiger charge is -2.02. The molecule has 0 saturated heterocycles. The molecule has 4 N–H and O–H groups in total. The molecule has 1 aromatic heterocycles. The van der Waals surface area contributed by atoms with Gasteiger partial charge in [0.05, 0.1) is 0 Å². The number of benzene rings is 1. The van der Waals surface area contributed by atoms with E-state index in [1.54, 1.807) is 0 Å². The van der Waals surface area contributed by atoms with Gasteiger partial charge in [-0.1, -0.05) is 31.2 Å². The minimum absolute atomic E-state index is 0.431. The normalized spacial score (nSPS) is 10.6. The molecular formula is C12H15N5S. The zero-order valence-electron chi connectivity index (χ0n) is 10.1. The van der Waals surface area contributed by atoms with Crippen molar-refractivity contribution < 1.29 is 0 Å². The minimum Gasteiger partial charge on any atom is -0.326 e. The lowest BCUT2D eigenvalue weighted by Crippen LogP contribution is -1.98. The smallest absolute Gasteiger partial charge is 0.214 e. The topological polar surface area (TPSA) is 91.4 Å². The number of H-pyrrole nitrogens is 1. The van der Waals surface area contributed by atoms with Gasteiger partial charge in [-0.05, 0) is 17.3 Å². The van der Waals surface area contributed by atoms with E-state index >= 15 is 0 Å². The van der Waals surface area contributed by atoms with E-state index < -0.39 is 0 Å². The van der Waals surface area contributed by atoms with Gasteiger partial charge in [0.25, 0.3) is 0 Å². The van der Waals surface area contributed by atoms with E-state index in [-0.39, 0.29) is 0 Å². The molecule has 2 aromatic rings. The highest BCUT2D eigenvalue weighted by Crippen LogP contribution is 2.19. The molecule has 1 aromatic carbocycles. The number of aromatic nitrogens is 3. The number of hydrogen-bond acceptors (Lipinski definition) is 5. The van der Waals surface area contributed by atoms with Crippen molar-refractivity contribution in [1.29, 1.82) is 5.41 Å². The summed E-state index contributed by atoms with van der Waals surface area (Å²) in [6.45, 7) is 2.52. The number of nitrogens with one attached hydrogen (secondary N) is 2. The van der Waals surface area contributed by atoms with Gasteiger partial charge in [-0.2, -0.15) is 0 Å². The summed E-state index contributed by atoms with van der Waals surface area (Å²) in [5.74, 6) is 0.837. The molecule has 0 amide bonds. The minimum atomic E-state index is 0.431. The summed E-state index contributed by atoms with van der Waals surface area (Å²) in [6.07, 6.45) is 0.812. The van der Waals surface area contributed by atoms with Crippen LogP contribution in [0, 0.1) is 5.41 Å². The first-order valence-corrected chi connectivity index (χ1v) is 6.51. The number of rotatable bonds is 4. The quantitative estimate of drug-likeness (QED) is 0.445. The van der Waals surface area contributed by atoms with Gasteiger partial charge in [-0.25, -0.2) is 4.98 Å². The van der Waals surface area contributed by atoms with Crippen LogP contribution in [0.4, 0.5) is 0 Å². The Bertz CT molecular complexity index is 532. The Hall–Kier alpha value is -1.66. The van der Waals surface area contributed by atoms with Crippen LogP contribution in [0.3, 0.4) is 0 Å². The molecule has 0 aliphatic heterocycles. The van der Waals surface area contributed by atoms with E-state index in [2.05, 4.69) is 15.2 Å². The lowest BCUT2D eigenvalue weighted by atomic mass is 10.1. The van der Waals surface area contributed by atoms with Crippen molar-refractivity contribution in [2.24, 2.45) is 5.73 Å². The third-order valence-corrected chi connectivity index (χ3v) is 3.30. The maximum absolute atomic E-state index is 8.00. The number of nitrogens with two attached hydrogens (primary N) is 1. The molecule has 0 atom stereocenters. The fourth-order valence-corrected chi connectivity index (χ4v) is 2.11. The van der Waals surface area contributed by atoms with Crippen molar-refractivity contribution in [3.8, 4) is 0 Å². The molecule has 5 nitrogen and oxygen atoms in total. The average molecular weight is 261 g/mol. The summed E-state index contributed by atoms with van der Waals surface area (Å²) in [5.41, 5.74) is 7.44. The summed E-state index contributed by atoms with van der Waals surface area (Å²) >= 11 is 1.24. The van der Waals surface area contributed by atoms with Crippen LogP contribution in [0.15, 0.2) is 29.4 Å². The van der Waals surface area contributed by atoms with Crippen LogP contribution in [-0.2, 0) is 13.0 Å². The standard InChI is InChI=1S/C12H15N5S/c1-2-10-15-12(17-16-10)18-11(14)9-5-3-8(7-13)4-6-9/h3-6,14H,2,7,13H2,1H3,(H,15,16,17). The Labute approximate surface area is 110 Å². The summed E-state index contributed by atoms with van der Waals surface area (Å²) < 4.78 is 0. The Morgan fingerprint density at radius 1 is 1.39 bits per heavy atom. The summed E-state index contributed by atoms with van der Waals surface area (Å²) in [5, 5.41) is 15.9. The highest BCUT2D eigenvalue weighted by atomic mass is 32.2.